The number of unbranched alkanes of at least 4 members (excludes halogenated alkanes) is 10. The summed E-state index contributed by atoms with van der Waals surface area (Å²) in [4.78, 5) is 10.5. The number of aliphatic hydroxyl groups excluding tert-OH is 3. The normalized spacial score (nSPS) is 11.0. The molecule has 0 aromatic carbocycles. The molecule has 0 saturated heterocycles. The summed E-state index contributed by atoms with van der Waals surface area (Å²) in [6.07, 6.45) is 13.4. The molecule has 3 N–H and O–H groups in total. The third kappa shape index (κ3) is 25.7. The fourth-order valence-electron chi connectivity index (χ4n) is 2.07. The molecule has 0 rings (SSSR count). The van der Waals surface area contributed by atoms with Crippen LogP contribution in [0.3, 0.4) is 0 Å². The monoisotopic (exact) mass is 362 g/mol. The van der Waals surface area contributed by atoms with Gasteiger partial charge in [0.1, 0.15) is 0 Å². The van der Waals surface area contributed by atoms with E-state index in [0.717, 1.165) is 12.8 Å². The molecule has 5 nitrogen and oxygen atoms in total. The van der Waals surface area contributed by atoms with Crippen molar-refractivity contribution in [3.05, 3.63) is 0 Å². The summed E-state index contributed by atoms with van der Waals surface area (Å²) >= 11 is 0. The predicted octanol–water partition coefficient (Wildman–Crippen LogP) is 3.83. The van der Waals surface area contributed by atoms with Crippen molar-refractivity contribution < 1.29 is 24.9 Å². The van der Waals surface area contributed by atoms with Gasteiger partial charge in [0.05, 0.1) is 19.8 Å². The molecule has 0 amide bonds. The van der Waals surface area contributed by atoms with E-state index in [-0.39, 0.29) is 24.6 Å². The topological polar surface area (TPSA) is 87.0 Å². The number of hydrogen-bond donors (Lipinski definition) is 3. The summed E-state index contributed by atoms with van der Waals surface area (Å²) in [5.41, 5.74) is -0.306. The summed E-state index contributed by atoms with van der Waals surface area (Å²) in [5, 5.41) is 25.5. The first-order chi connectivity index (χ1) is 11.9. The van der Waals surface area contributed by atoms with E-state index in [4.69, 9.17) is 20.1 Å². The summed E-state index contributed by atoms with van der Waals surface area (Å²) in [6, 6.07) is 0. The van der Waals surface area contributed by atoms with Gasteiger partial charge in [-0.05, 0) is 12.8 Å². The van der Waals surface area contributed by atoms with Gasteiger partial charge in [-0.1, -0.05) is 71.6 Å². The summed E-state index contributed by atoms with van der Waals surface area (Å²) in [5.74, 6) is -0.170. The van der Waals surface area contributed by atoms with Crippen LogP contribution >= 0.6 is 0 Å². The molecule has 0 aromatic rings. The number of esters is 1. The maximum absolute atomic E-state index is 10.5. The zero-order valence-corrected chi connectivity index (χ0v) is 16.8. The Morgan fingerprint density at radius 3 is 1.36 bits per heavy atom. The highest BCUT2D eigenvalue weighted by atomic mass is 16.5. The first-order valence-corrected chi connectivity index (χ1v) is 9.85. The first kappa shape index (κ1) is 26.6. The number of hydrogen-bond acceptors (Lipinski definition) is 5. The van der Waals surface area contributed by atoms with Crippen molar-refractivity contribution in [2.75, 3.05) is 26.4 Å². The second-order valence-electron chi connectivity index (χ2n) is 7.43. The van der Waals surface area contributed by atoms with Crippen molar-refractivity contribution in [3.8, 4) is 0 Å². The second kappa shape index (κ2) is 19.7. The van der Waals surface area contributed by atoms with Crippen LogP contribution in [0.2, 0.25) is 0 Å². The Hall–Kier alpha value is -0.650. The van der Waals surface area contributed by atoms with Crippen LogP contribution in [0.15, 0.2) is 0 Å². The standard InChI is InChI=1S/C15H30O3.C5H12O2/c1-15(17)18-14-12-10-8-6-4-2-3-5-7-9-11-13-16;1-5(2,3-6)4-7/h16H,2-14H2,1H3;6-7H,3-4H2,1-2H3. The van der Waals surface area contributed by atoms with Crippen LogP contribution in [-0.4, -0.2) is 47.7 Å². The maximum atomic E-state index is 10.5. The Kier molecular flexibility index (Phi) is 20.9. The highest BCUT2D eigenvalue weighted by Gasteiger charge is 2.13. The zero-order valence-electron chi connectivity index (χ0n) is 16.8. The molecular weight excluding hydrogens is 320 g/mol. The van der Waals surface area contributed by atoms with Crippen LogP contribution in [0.5, 0.6) is 0 Å². The van der Waals surface area contributed by atoms with Gasteiger partial charge in [0.25, 0.3) is 0 Å². The molecule has 0 aliphatic carbocycles. The zero-order chi connectivity index (χ0) is 19.4. The van der Waals surface area contributed by atoms with Gasteiger partial charge in [0.15, 0.2) is 0 Å². The maximum Gasteiger partial charge on any atom is 0.302 e. The fraction of sp³-hybridized carbons (Fsp3) is 0.950. The van der Waals surface area contributed by atoms with Crippen molar-refractivity contribution in [3.63, 3.8) is 0 Å². The Morgan fingerprint density at radius 1 is 0.720 bits per heavy atom. The largest absolute Gasteiger partial charge is 0.466 e. The molecule has 5 heteroatoms. The smallest absolute Gasteiger partial charge is 0.302 e. The molecule has 0 aromatic heterocycles. The van der Waals surface area contributed by atoms with Crippen molar-refractivity contribution in [2.45, 2.75) is 91.4 Å². The molecule has 0 bridgehead atoms. The number of ether oxygens (including phenoxy) is 1. The van der Waals surface area contributed by atoms with E-state index >= 15 is 0 Å². The highest BCUT2D eigenvalue weighted by molar-refractivity contribution is 5.65. The van der Waals surface area contributed by atoms with Gasteiger partial charge < -0.3 is 20.1 Å². The predicted molar refractivity (Wildman–Crippen MR) is 102 cm³/mol. The van der Waals surface area contributed by atoms with Gasteiger partial charge in [-0.2, -0.15) is 0 Å². The van der Waals surface area contributed by atoms with Crippen molar-refractivity contribution in [1.82, 2.24) is 0 Å². The van der Waals surface area contributed by atoms with E-state index in [9.17, 15) is 4.79 Å². The van der Waals surface area contributed by atoms with E-state index in [0.29, 0.717) is 13.2 Å². The van der Waals surface area contributed by atoms with Crippen molar-refractivity contribution in [1.29, 1.82) is 0 Å². The summed E-state index contributed by atoms with van der Waals surface area (Å²) in [7, 11) is 0. The molecule has 0 unspecified atom stereocenters. The van der Waals surface area contributed by atoms with Crippen molar-refractivity contribution in [2.24, 2.45) is 5.41 Å². The molecule has 0 aliphatic rings. The van der Waals surface area contributed by atoms with Gasteiger partial charge in [0.2, 0.25) is 0 Å². The summed E-state index contributed by atoms with van der Waals surface area (Å²) in [6.45, 7) is 6.07. The van der Waals surface area contributed by atoms with Crippen LogP contribution in [0.4, 0.5) is 0 Å². The first-order valence-electron chi connectivity index (χ1n) is 9.85. The lowest BCUT2D eigenvalue weighted by Gasteiger charge is -2.16. The molecule has 0 atom stereocenters. The van der Waals surface area contributed by atoms with E-state index < -0.39 is 0 Å². The molecule has 152 valence electrons. The van der Waals surface area contributed by atoms with Crippen LogP contribution in [0.25, 0.3) is 0 Å². The Labute approximate surface area is 154 Å². The summed E-state index contributed by atoms with van der Waals surface area (Å²) < 4.78 is 4.88. The average Bonchev–Trinajstić information content (AvgIpc) is 2.59. The fourth-order valence-corrected chi connectivity index (χ4v) is 2.07. The number of rotatable bonds is 15. The number of carbonyl (C=O) groups is 1. The average molecular weight is 363 g/mol. The van der Waals surface area contributed by atoms with E-state index in [1.165, 1.54) is 64.7 Å². The van der Waals surface area contributed by atoms with Crippen LogP contribution < -0.4 is 0 Å². The molecule has 0 radical (unpaired) electrons. The van der Waals surface area contributed by atoms with Crippen LogP contribution in [-0.2, 0) is 9.53 Å². The second-order valence-corrected chi connectivity index (χ2v) is 7.43. The Bertz CT molecular complexity index is 273. The number of carbonyl (C=O) groups excluding carboxylic acids is 1. The third-order valence-corrected chi connectivity index (χ3v) is 3.96. The lowest BCUT2D eigenvalue weighted by molar-refractivity contribution is -0.141. The minimum Gasteiger partial charge on any atom is -0.466 e. The SMILES string of the molecule is CC(=O)OCCCCCCCCCCCCCO.CC(C)(CO)CO. The molecule has 25 heavy (non-hydrogen) atoms. The molecular formula is C20H42O5. The Morgan fingerprint density at radius 2 is 1.08 bits per heavy atom. The van der Waals surface area contributed by atoms with E-state index in [2.05, 4.69) is 0 Å². The molecule has 0 fully saturated rings. The van der Waals surface area contributed by atoms with Crippen LogP contribution in [0, 0.1) is 5.41 Å². The Balaban J connectivity index is 0. The number of aliphatic hydroxyl groups is 3. The van der Waals surface area contributed by atoms with Gasteiger partial charge in [-0.25, -0.2) is 0 Å². The van der Waals surface area contributed by atoms with Gasteiger partial charge in [0, 0.05) is 18.9 Å². The highest BCUT2D eigenvalue weighted by Crippen LogP contribution is 2.11. The lowest BCUT2D eigenvalue weighted by Crippen LogP contribution is -2.20. The van der Waals surface area contributed by atoms with Gasteiger partial charge in [-0.3, -0.25) is 4.79 Å². The molecule has 0 aliphatic heterocycles. The molecule has 0 heterocycles. The van der Waals surface area contributed by atoms with Gasteiger partial charge in [-0.15, -0.1) is 0 Å². The third-order valence-electron chi connectivity index (χ3n) is 3.96. The molecule has 0 saturated carbocycles. The van der Waals surface area contributed by atoms with Gasteiger partial charge >= 0.3 is 5.97 Å². The van der Waals surface area contributed by atoms with Crippen molar-refractivity contribution >= 4 is 5.97 Å². The van der Waals surface area contributed by atoms with Crippen LogP contribution in [0.1, 0.15) is 91.4 Å². The quantitative estimate of drug-likeness (QED) is 0.304. The van der Waals surface area contributed by atoms with E-state index in [1.807, 2.05) is 0 Å². The minimum absolute atomic E-state index is 0.0451. The minimum atomic E-state index is -0.306. The molecule has 0 spiro atoms. The lowest BCUT2D eigenvalue weighted by atomic mass is 9.97. The van der Waals surface area contributed by atoms with E-state index in [1.54, 1.807) is 13.8 Å².